The monoisotopic (exact) mass is 203 g/mol. The van der Waals surface area contributed by atoms with E-state index in [-0.39, 0.29) is 0 Å². The largest absolute Gasteiger partial charge is 0.0792 e. The van der Waals surface area contributed by atoms with Crippen molar-refractivity contribution in [3.05, 3.63) is 71.7 Å². The first-order valence-corrected chi connectivity index (χ1v) is 5.69. The summed E-state index contributed by atoms with van der Waals surface area (Å²) in [5, 5.41) is 0. The Labute approximate surface area is 95.2 Å². The van der Waals surface area contributed by atoms with Crippen LogP contribution in [0.15, 0.2) is 48.5 Å². The van der Waals surface area contributed by atoms with Crippen molar-refractivity contribution in [1.29, 1.82) is 0 Å². The lowest BCUT2D eigenvalue weighted by molar-refractivity contribution is 0.997. The Hall–Kier alpha value is -1.82. The molecule has 1 atom stereocenters. The molecule has 1 radical (unpaired) electrons. The first kappa shape index (κ1) is 8.35. The summed E-state index contributed by atoms with van der Waals surface area (Å²) in [6, 6.07) is 15.4. The minimum Gasteiger partial charge on any atom is -0.0792 e. The zero-order chi connectivity index (χ0) is 10.5. The molecule has 16 heavy (non-hydrogen) atoms. The molecule has 2 aliphatic rings. The molecule has 4 rings (SSSR count). The molecule has 0 spiro atoms. The van der Waals surface area contributed by atoms with Crippen molar-refractivity contribution in [2.75, 3.05) is 0 Å². The van der Waals surface area contributed by atoms with Crippen molar-refractivity contribution < 1.29 is 0 Å². The van der Waals surface area contributed by atoms with Gasteiger partial charge in [0.25, 0.3) is 0 Å². The molecule has 0 bridgehead atoms. The van der Waals surface area contributed by atoms with Crippen LogP contribution in [0.25, 0.3) is 17.2 Å². The zero-order valence-electron chi connectivity index (χ0n) is 8.85. The highest BCUT2D eigenvalue weighted by atomic mass is 14.3. The Morgan fingerprint density at radius 1 is 0.812 bits per heavy atom. The van der Waals surface area contributed by atoms with E-state index in [1.165, 1.54) is 27.8 Å². The van der Waals surface area contributed by atoms with Gasteiger partial charge in [-0.3, -0.25) is 0 Å². The maximum absolute atomic E-state index is 2.30. The fraction of sp³-hybridized carbons (Fsp3) is 0.0625. The maximum atomic E-state index is 2.30. The normalized spacial score (nSPS) is 19.4. The highest BCUT2D eigenvalue weighted by Gasteiger charge is 2.30. The smallest absolute Gasteiger partial charge is 0.0176 e. The van der Waals surface area contributed by atoms with Crippen LogP contribution < -0.4 is 0 Å². The quantitative estimate of drug-likeness (QED) is 0.606. The van der Waals surface area contributed by atoms with Crippen LogP contribution in [0, 0.1) is 6.42 Å². The average Bonchev–Trinajstić information content (AvgIpc) is 2.68. The maximum Gasteiger partial charge on any atom is 0.0176 e. The third kappa shape index (κ3) is 0.898. The minimum atomic E-state index is 0.479. The molecule has 75 valence electrons. The lowest BCUT2D eigenvalue weighted by Gasteiger charge is -2.17. The molecule has 2 aliphatic carbocycles. The second-order valence-corrected chi connectivity index (χ2v) is 4.42. The molecular weight excluding hydrogens is 192 g/mol. The van der Waals surface area contributed by atoms with Crippen LogP contribution in [0.1, 0.15) is 22.6 Å². The van der Waals surface area contributed by atoms with Gasteiger partial charge in [-0.05, 0) is 34.2 Å². The van der Waals surface area contributed by atoms with Crippen molar-refractivity contribution in [2.24, 2.45) is 0 Å². The fourth-order valence-electron chi connectivity index (χ4n) is 2.95. The van der Waals surface area contributed by atoms with E-state index in [2.05, 4.69) is 61.0 Å². The molecule has 1 unspecified atom stereocenters. The van der Waals surface area contributed by atoms with Crippen LogP contribution in [-0.2, 0) is 0 Å². The SMILES string of the molecule is [CH]1C=Cc2cccc3c2C1c1ccccc1-3. The van der Waals surface area contributed by atoms with Gasteiger partial charge >= 0.3 is 0 Å². The van der Waals surface area contributed by atoms with Gasteiger partial charge in [0.1, 0.15) is 0 Å². The number of hydrogen-bond donors (Lipinski definition) is 0. The fourth-order valence-corrected chi connectivity index (χ4v) is 2.95. The molecule has 0 saturated carbocycles. The summed E-state index contributed by atoms with van der Waals surface area (Å²) in [6.45, 7) is 0. The molecule has 0 N–H and O–H groups in total. The van der Waals surface area contributed by atoms with Crippen LogP contribution in [0.4, 0.5) is 0 Å². The molecular formula is C16H11. The molecule has 0 aromatic heterocycles. The van der Waals surface area contributed by atoms with Crippen LogP contribution in [-0.4, -0.2) is 0 Å². The summed E-state index contributed by atoms with van der Waals surface area (Å²) < 4.78 is 0. The van der Waals surface area contributed by atoms with E-state index in [0.29, 0.717) is 5.92 Å². The highest BCUT2D eigenvalue weighted by Crippen LogP contribution is 2.49. The number of benzene rings is 2. The third-order valence-corrected chi connectivity index (χ3v) is 3.62. The molecule has 0 heteroatoms. The predicted molar refractivity (Wildman–Crippen MR) is 67.1 cm³/mol. The summed E-state index contributed by atoms with van der Waals surface area (Å²) in [7, 11) is 0. The highest BCUT2D eigenvalue weighted by molar-refractivity contribution is 5.85. The lowest BCUT2D eigenvalue weighted by atomic mass is 9.86. The predicted octanol–water partition coefficient (Wildman–Crippen LogP) is 4.03. The Morgan fingerprint density at radius 3 is 2.69 bits per heavy atom. The summed E-state index contributed by atoms with van der Waals surface area (Å²) in [5.41, 5.74) is 7.14. The number of rotatable bonds is 0. The van der Waals surface area contributed by atoms with Gasteiger partial charge in [-0.25, -0.2) is 0 Å². The van der Waals surface area contributed by atoms with Gasteiger partial charge in [-0.15, -0.1) is 0 Å². The van der Waals surface area contributed by atoms with E-state index >= 15 is 0 Å². The van der Waals surface area contributed by atoms with E-state index in [1.807, 2.05) is 0 Å². The number of hydrogen-bond acceptors (Lipinski definition) is 0. The summed E-state index contributed by atoms with van der Waals surface area (Å²) in [5.74, 6) is 0.479. The second kappa shape index (κ2) is 2.85. The molecule has 0 nitrogen and oxygen atoms in total. The van der Waals surface area contributed by atoms with E-state index < -0.39 is 0 Å². The molecule has 2 aromatic carbocycles. The summed E-state index contributed by atoms with van der Waals surface area (Å²) in [6.07, 6.45) is 6.69. The van der Waals surface area contributed by atoms with E-state index in [0.717, 1.165) is 0 Å². The van der Waals surface area contributed by atoms with Crippen LogP contribution >= 0.6 is 0 Å². The van der Waals surface area contributed by atoms with Crippen molar-refractivity contribution in [2.45, 2.75) is 5.92 Å². The average molecular weight is 203 g/mol. The third-order valence-electron chi connectivity index (χ3n) is 3.62. The molecule has 2 aromatic rings. The first-order valence-electron chi connectivity index (χ1n) is 5.69. The van der Waals surface area contributed by atoms with Crippen molar-refractivity contribution in [3.8, 4) is 11.1 Å². The lowest BCUT2D eigenvalue weighted by Crippen LogP contribution is -2.01. The van der Waals surface area contributed by atoms with E-state index in [9.17, 15) is 0 Å². The van der Waals surface area contributed by atoms with Crippen LogP contribution in [0.5, 0.6) is 0 Å². The molecule has 0 saturated heterocycles. The van der Waals surface area contributed by atoms with Crippen LogP contribution in [0.3, 0.4) is 0 Å². The van der Waals surface area contributed by atoms with Gasteiger partial charge in [0, 0.05) is 5.92 Å². The molecule has 0 amide bonds. The molecule has 0 heterocycles. The van der Waals surface area contributed by atoms with Gasteiger partial charge < -0.3 is 0 Å². The second-order valence-electron chi connectivity index (χ2n) is 4.42. The Morgan fingerprint density at radius 2 is 1.69 bits per heavy atom. The Balaban J connectivity index is 2.13. The van der Waals surface area contributed by atoms with E-state index in [4.69, 9.17) is 0 Å². The van der Waals surface area contributed by atoms with Crippen molar-refractivity contribution in [3.63, 3.8) is 0 Å². The Kier molecular flexibility index (Phi) is 1.49. The van der Waals surface area contributed by atoms with Crippen molar-refractivity contribution >= 4 is 6.08 Å². The summed E-state index contributed by atoms with van der Waals surface area (Å²) in [4.78, 5) is 0. The van der Waals surface area contributed by atoms with Gasteiger partial charge in [0.05, 0.1) is 0 Å². The van der Waals surface area contributed by atoms with Gasteiger partial charge in [-0.2, -0.15) is 0 Å². The minimum absolute atomic E-state index is 0.479. The number of allylic oxidation sites excluding steroid dienone is 1. The number of fused-ring (bicyclic) bond motifs is 3. The Bertz CT molecular complexity index is 605. The van der Waals surface area contributed by atoms with Gasteiger partial charge in [0.15, 0.2) is 0 Å². The van der Waals surface area contributed by atoms with Crippen LogP contribution in [0.2, 0.25) is 0 Å². The first-order chi connectivity index (χ1) is 7.95. The van der Waals surface area contributed by atoms with Crippen molar-refractivity contribution in [1.82, 2.24) is 0 Å². The topological polar surface area (TPSA) is 0 Å². The summed E-state index contributed by atoms with van der Waals surface area (Å²) >= 11 is 0. The van der Waals surface area contributed by atoms with Gasteiger partial charge in [-0.1, -0.05) is 54.6 Å². The molecule has 0 fully saturated rings. The molecule has 0 aliphatic heterocycles. The standard InChI is InChI=1S/C16H11/c1-2-8-13-12(7-1)14-9-3-5-11-6-4-10-15(13)16(11)14/h1-10,14H. The van der Waals surface area contributed by atoms with Gasteiger partial charge in [0.2, 0.25) is 0 Å². The zero-order valence-corrected chi connectivity index (χ0v) is 8.85. The van der Waals surface area contributed by atoms with E-state index in [1.54, 1.807) is 0 Å².